The van der Waals surface area contributed by atoms with E-state index in [1.54, 1.807) is 7.11 Å². The van der Waals surface area contributed by atoms with Crippen LogP contribution in [0.1, 0.15) is 232 Å². The Bertz CT molecular complexity index is 804. The number of carbonyl (C=O) groups excluding carboxylic acids is 3. The van der Waals surface area contributed by atoms with Crippen LogP contribution in [0.4, 0.5) is 0 Å². The van der Waals surface area contributed by atoms with Crippen molar-refractivity contribution in [2.24, 2.45) is 0 Å². The number of methoxy groups -OCH3 is 1. The summed E-state index contributed by atoms with van der Waals surface area (Å²) >= 11 is 0. The van der Waals surface area contributed by atoms with Crippen molar-refractivity contribution < 1.29 is 38.1 Å². The number of carbonyl (C=O) groups is 3. The van der Waals surface area contributed by atoms with Gasteiger partial charge < -0.3 is 23.7 Å². The van der Waals surface area contributed by atoms with Crippen LogP contribution in [0.15, 0.2) is 0 Å². The van der Waals surface area contributed by atoms with E-state index in [0.29, 0.717) is 39.1 Å². The summed E-state index contributed by atoms with van der Waals surface area (Å²) in [5.41, 5.74) is 0. The van der Waals surface area contributed by atoms with Gasteiger partial charge in [0.05, 0.1) is 13.2 Å². The van der Waals surface area contributed by atoms with Crippen molar-refractivity contribution in [3.8, 4) is 0 Å². The maximum Gasteiger partial charge on any atom is 0.306 e. The lowest BCUT2D eigenvalue weighted by Gasteiger charge is -2.18. The predicted octanol–water partition coefficient (Wildman–Crippen LogP) is 13.0. The van der Waals surface area contributed by atoms with Gasteiger partial charge in [-0.1, -0.05) is 194 Å². The number of rotatable bonds is 44. The van der Waals surface area contributed by atoms with E-state index in [9.17, 15) is 14.4 Å². The standard InChI is InChI=1S/C46H88O8/c1-4-6-8-10-12-14-16-18-20-22-24-26-28-30-32-35-44(47)52-41-43(42-53-45(48)37-34-38-51-40-39-50-3)54-46(49)36-33-31-29-27-25-23-21-19-17-15-13-11-9-7-5-2/h43H,4-42H2,1-3H3. The Balaban J connectivity index is 4.19. The van der Waals surface area contributed by atoms with Gasteiger partial charge in [-0.05, 0) is 19.3 Å². The van der Waals surface area contributed by atoms with Crippen molar-refractivity contribution in [3.63, 3.8) is 0 Å². The van der Waals surface area contributed by atoms with Crippen molar-refractivity contribution in [2.75, 3.05) is 40.1 Å². The molecule has 1 atom stereocenters. The highest BCUT2D eigenvalue weighted by atomic mass is 16.6. The Morgan fingerprint density at radius 3 is 1.04 bits per heavy atom. The van der Waals surface area contributed by atoms with E-state index in [-0.39, 0.29) is 31.6 Å². The third kappa shape index (κ3) is 41.5. The number of ether oxygens (including phenoxy) is 5. The molecular formula is C46H88O8. The monoisotopic (exact) mass is 769 g/mol. The van der Waals surface area contributed by atoms with Crippen LogP contribution >= 0.6 is 0 Å². The van der Waals surface area contributed by atoms with Crippen LogP contribution in [-0.4, -0.2) is 64.2 Å². The summed E-state index contributed by atoms with van der Waals surface area (Å²) in [4.78, 5) is 37.5. The van der Waals surface area contributed by atoms with Crippen LogP contribution in [0.25, 0.3) is 0 Å². The molecule has 0 heterocycles. The molecular weight excluding hydrogens is 680 g/mol. The molecule has 0 bridgehead atoms. The minimum absolute atomic E-state index is 0.102. The summed E-state index contributed by atoms with van der Waals surface area (Å²) in [7, 11) is 1.61. The third-order valence-electron chi connectivity index (χ3n) is 10.2. The zero-order valence-corrected chi connectivity index (χ0v) is 35.9. The first-order valence-electron chi connectivity index (χ1n) is 23.1. The van der Waals surface area contributed by atoms with Crippen LogP contribution in [0.3, 0.4) is 0 Å². The number of hydrogen-bond acceptors (Lipinski definition) is 8. The molecule has 1 unspecified atom stereocenters. The zero-order chi connectivity index (χ0) is 39.4. The van der Waals surface area contributed by atoms with Crippen molar-refractivity contribution >= 4 is 17.9 Å². The minimum atomic E-state index is -0.805. The van der Waals surface area contributed by atoms with E-state index in [1.165, 1.54) is 154 Å². The van der Waals surface area contributed by atoms with E-state index < -0.39 is 12.1 Å². The largest absolute Gasteiger partial charge is 0.462 e. The van der Waals surface area contributed by atoms with Crippen LogP contribution < -0.4 is 0 Å². The van der Waals surface area contributed by atoms with Gasteiger partial charge in [-0.2, -0.15) is 0 Å². The number of hydrogen-bond donors (Lipinski definition) is 0. The topological polar surface area (TPSA) is 97.4 Å². The average Bonchev–Trinajstić information content (AvgIpc) is 3.17. The third-order valence-corrected chi connectivity index (χ3v) is 10.2. The lowest BCUT2D eigenvalue weighted by atomic mass is 10.0. The van der Waals surface area contributed by atoms with Crippen molar-refractivity contribution in [1.82, 2.24) is 0 Å². The summed E-state index contributed by atoms with van der Waals surface area (Å²) in [6.45, 7) is 5.73. The Morgan fingerprint density at radius 2 is 0.685 bits per heavy atom. The fourth-order valence-corrected chi connectivity index (χ4v) is 6.72. The second-order valence-corrected chi connectivity index (χ2v) is 15.6. The van der Waals surface area contributed by atoms with E-state index in [0.717, 1.165) is 38.5 Å². The van der Waals surface area contributed by atoms with Gasteiger partial charge in [0, 0.05) is 33.0 Å². The van der Waals surface area contributed by atoms with Crippen LogP contribution in [0, 0.1) is 0 Å². The summed E-state index contributed by atoms with van der Waals surface area (Å²) < 4.78 is 26.9. The molecule has 54 heavy (non-hydrogen) atoms. The predicted molar refractivity (Wildman–Crippen MR) is 223 cm³/mol. The van der Waals surface area contributed by atoms with Crippen molar-refractivity contribution in [3.05, 3.63) is 0 Å². The molecule has 0 saturated heterocycles. The molecule has 320 valence electrons. The summed E-state index contributed by atoms with van der Waals surface area (Å²) in [5, 5.41) is 0. The van der Waals surface area contributed by atoms with E-state index >= 15 is 0 Å². The molecule has 0 aliphatic heterocycles. The van der Waals surface area contributed by atoms with Gasteiger partial charge in [-0.15, -0.1) is 0 Å². The smallest absolute Gasteiger partial charge is 0.306 e. The quantitative estimate of drug-likeness (QED) is 0.0343. The van der Waals surface area contributed by atoms with E-state index in [4.69, 9.17) is 23.7 Å². The van der Waals surface area contributed by atoms with Crippen LogP contribution in [0.2, 0.25) is 0 Å². The molecule has 0 spiro atoms. The normalized spacial score (nSPS) is 11.8. The van der Waals surface area contributed by atoms with E-state index in [1.807, 2.05) is 0 Å². The summed E-state index contributed by atoms with van der Waals surface area (Å²) in [5.74, 6) is -1.03. The maximum absolute atomic E-state index is 12.7. The molecule has 0 aromatic rings. The maximum atomic E-state index is 12.7. The first kappa shape index (κ1) is 52.3. The molecule has 0 fully saturated rings. The Morgan fingerprint density at radius 1 is 0.370 bits per heavy atom. The molecule has 0 saturated carbocycles. The van der Waals surface area contributed by atoms with Gasteiger partial charge in [-0.3, -0.25) is 14.4 Å². The molecule has 0 aliphatic carbocycles. The first-order chi connectivity index (χ1) is 26.5. The first-order valence-corrected chi connectivity index (χ1v) is 23.1. The van der Waals surface area contributed by atoms with Crippen LogP contribution in [0.5, 0.6) is 0 Å². The fourth-order valence-electron chi connectivity index (χ4n) is 6.72. The van der Waals surface area contributed by atoms with Crippen LogP contribution in [-0.2, 0) is 38.1 Å². The highest BCUT2D eigenvalue weighted by Crippen LogP contribution is 2.16. The van der Waals surface area contributed by atoms with Gasteiger partial charge in [0.25, 0.3) is 0 Å². The minimum Gasteiger partial charge on any atom is -0.462 e. The SMILES string of the molecule is CCCCCCCCCCCCCCCCCC(=O)OCC(COC(=O)CCCOCCOC)OC(=O)CCCCCCCCCCCCCCCCC. The molecule has 0 radical (unpaired) electrons. The summed E-state index contributed by atoms with van der Waals surface area (Å²) in [6.07, 6.45) is 38.7. The van der Waals surface area contributed by atoms with Crippen molar-refractivity contribution in [1.29, 1.82) is 0 Å². The highest BCUT2D eigenvalue weighted by Gasteiger charge is 2.19. The van der Waals surface area contributed by atoms with Gasteiger partial charge in [0.1, 0.15) is 13.2 Å². The van der Waals surface area contributed by atoms with E-state index in [2.05, 4.69) is 13.8 Å². The Kier molecular flexibility index (Phi) is 42.7. The average molecular weight is 769 g/mol. The van der Waals surface area contributed by atoms with Gasteiger partial charge in [0.2, 0.25) is 0 Å². The summed E-state index contributed by atoms with van der Waals surface area (Å²) in [6, 6.07) is 0. The molecule has 0 aromatic heterocycles. The Hall–Kier alpha value is -1.67. The van der Waals surface area contributed by atoms with Gasteiger partial charge >= 0.3 is 17.9 Å². The molecule has 0 N–H and O–H groups in total. The molecule has 8 heteroatoms. The number of unbranched alkanes of at least 4 members (excludes halogenated alkanes) is 28. The highest BCUT2D eigenvalue weighted by molar-refractivity contribution is 5.71. The van der Waals surface area contributed by atoms with Gasteiger partial charge in [0.15, 0.2) is 6.10 Å². The van der Waals surface area contributed by atoms with Crippen molar-refractivity contribution in [2.45, 2.75) is 238 Å². The number of esters is 3. The lowest BCUT2D eigenvalue weighted by molar-refractivity contribution is -0.167. The molecule has 0 aromatic carbocycles. The van der Waals surface area contributed by atoms with Gasteiger partial charge in [-0.25, -0.2) is 0 Å². The molecule has 0 rings (SSSR count). The second kappa shape index (κ2) is 44.0. The molecule has 8 nitrogen and oxygen atoms in total. The molecule has 0 amide bonds. The molecule has 0 aliphatic rings. The lowest BCUT2D eigenvalue weighted by Crippen LogP contribution is -2.31. The zero-order valence-electron chi connectivity index (χ0n) is 35.9. The Labute approximate surface area is 333 Å². The fraction of sp³-hybridized carbons (Fsp3) is 0.935. The second-order valence-electron chi connectivity index (χ2n) is 15.6.